The van der Waals surface area contributed by atoms with Gasteiger partial charge in [-0.25, -0.2) is 0 Å². The molecular weight excluding hydrogens is 148 g/mol. The van der Waals surface area contributed by atoms with E-state index >= 15 is 0 Å². The van der Waals surface area contributed by atoms with E-state index in [0.29, 0.717) is 5.92 Å². The first-order chi connectivity index (χ1) is 5.52. The lowest BCUT2D eigenvalue weighted by molar-refractivity contribution is 0.212. The normalized spacial score (nSPS) is 12.1. The van der Waals surface area contributed by atoms with Crippen molar-refractivity contribution in [3.63, 3.8) is 0 Å². The van der Waals surface area contributed by atoms with Gasteiger partial charge in [0.25, 0.3) is 0 Å². The topological polar surface area (TPSA) is 20.2 Å². The van der Waals surface area contributed by atoms with Gasteiger partial charge in [-0.1, -0.05) is 32.3 Å². The molecule has 0 aromatic carbocycles. The molecule has 0 spiro atoms. The van der Waals surface area contributed by atoms with Gasteiger partial charge in [0.2, 0.25) is 0 Å². The minimum Gasteiger partial charge on any atom is -0.380 e. The summed E-state index contributed by atoms with van der Waals surface area (Å²) in [6.07, 6.45) is 1.30. The number of hydrogen-bond acceptors (Lipinski definition) is 1. The van der Waals surface area contributed by atoms with Crippen molar-refractivity contribution in [1.29, 1.82) is 0 Å². The Balaban J connectivity index is 3.68. The van der Waals surface area contributed by atoms with Crippen molar-refractivity contribution in [1.82, 2.24) is 0 Å². The maximum absolute atomic E-state index is 9.33. The maximum Gasteiger partial charge on any atom is 0.115 e. The van der Waals surface area contributed by atoms with Gasteiger partial charge in [-0.05, 0) is 31.3 Å². The maximum atomic E-state index is 9.33. The van der Waals surface area contributed by atoms with Gasteiger partial charge in [0.15, 0.2) is 0 Å². The quantitative estimate of drug-likeness (QED) is 0.638. The third-order valence-corrected chi connectivity index (χ3v) is 1.47. The molecule has 0 fully saturated rings. The highest BCUT2D eigenvalue weighted by molar-refractivity contribution is 5.24. The monoisotopic (exact) mass is 166 g/mol. The number of allylic oxidation sites excluding steroid dienone is 1. The van der Waals surface area contributed by atoms with Crippen LogP contribution in [0.3, 0.4) is 0 Å². The van der Waals surface area contributed by atoms with Crippen LogP contribution in [0.2, 0.25) is 0 Å². The first-order valence-corrected chi connectivity index (χ1v) is 4.37. The van der Waals surface area contributed by atoms with E-state index in [1.54, 1.807) is 0 Å². The third-order valence-electron chi connectivity index (χ3n) is 1.47. The van der Waals surface area contributed by atoms with E-state index in [9.17, 15) is 5.11 Å². The lowest BCUT2D eigenvalue weighted by atomic mass is 10.1. The number of aliphatic hydroxyl groups is 1. The summed E-state index contributed by atoms with van der Waals surface area (Å²) in [4.78, 5) is 0. The molecule has 0 aliphatic carbocycles. The third kappa shape index (κ3) is 7.37. The van der Waals surface area contributed by atoms with Gasteiger partial charge in [0.1, 0.15) is 6.10 Å². The van der Waals surface area contributed by atoms with Crippen LogP contribution in [0.15, 0.2) is 12.2 Å². The van der Waals surface area contributed by atoms with Crippen LogP contribution in [0.4, 0.5) is 0 Å². The summed E-state index contributed by atoms with van der Waals surface area (Å²) in [5, 5.41) is 9.33. The molecule has 68 valence electrons. The molecule has 1 nitrogen and oxygen atoms in total. The molecule has 0 aromatic rings. The lowest BCUT2D eigenvalue weighted by Gasteiger charge is -2.05. The molecule has 1 unspecified atom stereocenters. The fraction of sp³-hybridized carbons (Fsp3) is 0.636. The average molecular weight is 166 g/mol. The number of rotatable bonds is 3. The summed E-state index contributed by atoms with van der Waals surface area (Å²) in [6.45, 7) is 9.75. The van der Waals surface area contributed by atoms with E-state index in [2.05, 4.69) is 32.3 Å². The summed E-state index contributed by atoms with van der Waals surface area (Å²) in [7, 11) is 0. The molecule has 0 amide bonds. The Hall–Kier alpha value is -0.740. The average Bonchev–Trinajstić information content (AvgIpc) is 1.96. The van der Waals surface area contributed by atoms with E-state index in [0.717, 1.165) is 18.4 Å². The van der Waals surface area contributed by atoms with Crippen molar-refractivity contribution < 1.29 is 5.11 Å². The summed E-state index contributed by atoms with van der Waals surface area (Å²) in [5.74, 6) is 6.15. The fourth-order valence-corrected chi connectivity index (χ4v) is 0.770. The molecular formula is C11H18O. The van der Waals surface area contributed by atoms with Gasteiger partial charge >= 0.3 is 0 Å². The van der Waals surface area contributed by atoms with E-state index in [1.165, 1.54) is 0 Å². The van der Waals surface area contributed by atoms with Crippen LogP contribution in [0, 0.1) is 17.8 Å². The Morgan fingerprint density at radius 2 is 2.00 bits per heavy atom. The summed E-state index contributed by atoms with van der Waals surface area (Å²) in [6, 6.07) is 0. The summed E-state index contributed by atoms with van der Waals surface area (Å²) < 4.78 is 0. The van der Waals surface area contributed by atoms with Crippen molar-refractivity contribution in [2.24, 2.45) is 5.92 Å². The molecule has 0 radical (unpaired) electrons. The Morgan fingerprint density at radius 1 is 1.42 bits per heavy atom. The minimum atomic E-state index is -0.482. The number of aliphatic hydroxyl groups excluding tert-OH is 1. The Bertz CT molecular complexity index is 193. The van der Waals surface area contributed by atoms with Crippen LogP contribution < -0.4 is 0 Å². The van der Waals surface area contributed by atoms with Crippen molar-refractivity contribution >= 4 is 0 Å². The first-order valence-electron chi connectivity index (χ1n) is 4.37. The second kappa shape index (κ2) is 5.85. The van der Waals surface area contributed by atoms with E-state index < -0.39 is 6.10 Å². The predicted molar refractivity (Wildman–Crippen MR) is 52.7 cm³/mol. The molecule has 1 atom stereocenters. The van der Waals surface area contributed by atoms with Crippen LogP contribution >= 0.6 is 0 Å². The van der Waals surface area contributed by atoms with Gasteiger partial charge in [0.05, 0.1) is 0 Å². The van der Waals surface area contributed by atoms with E-state index in [1.807, 2.05) is 6.92 Å². The van der Waals surface area contributed by atoms with Crippen molar-refractivity contribution in [3.8, 4) is 11.8 Å². The van der Waals surface area contributed by atoms with Crippen LogP contribution in [0.1, 0.15) is 33.6 Å². The van der Waals surface area contributed by atoms with E-state index in [-0.39, 0.29) is 0 Å². The van der Waals surface area contributed by atoms with Gasteiger partial charge < -0.3 is 5.11 Å². The Kier molecular flexibility index (Phi) is 5.49. The minimum absolute atomic E-state index is 0.482. The molecule has 0 saturated carbocycles. The fourth-order valence-electron chi connectivity index (χ4n) is 0.770. The van der Waals surface area contributed by atoms with Gasteiger partial charge in [-0.2, -0.15) is 0 Å². The highest BCUT2D eigenvalue weighted by Crippen LogP contribution is 2.05. The Labute approximate surface area is 75.5 Å². The molecule has 1 heteroatoms. The predicted octanol–water partition coefficient (Wildman–Crippen LogP) is 2.36. The molecule has 0 saturated heterocycles. The van der Waals surface area contributed by atoms with Crippen molar-refractivity contribution in [2.45, 2.75) is 39.7 Å². The molecule has 12 heavy (non-hydrogen) atoms. The number of hydrogen-bond donors (Lipinski definition) is 1. The molecule has 1 N–H and O–H groups in total. The molecule has 0 aliphatic heterocycles. The zero-order valence-corrected chi connectivity index (χ0v) is 8.22. The molecule has 0 bridgehead atoms. The smallest absolute Gasteiger partial charge is 0.115 e. The van der Waals surface area contributed by atoms with Gasteiger partial charge in [-0.3, -0.25) is 0 Å². The first kappa shape index (κ1) is 11.3. The van der Waals surface area contributed by atoms with E-state index in [4.69, 9.17) is 0 Å². The van der Waals surface area contributed by atoms with Crippen LogP contribution in [0.5, 0.6) is 0 Å². The SMILES string of the molecule is C=C(C)C#CC(O)CCC(C)C. The van der Waals surface area contributed by atoms with Gasteiger partial charge in [0, 0.05) is 0 Å². The summed E-state index contributed by atoms with van der Waals surface area (Å²) >= 11 is 0. The zero-order valence-electron chi connectivity index (χ0n) is 8.22. The van der Waals surface area contributed by atoms with Crippen LogP contribution in [-0.2, 0) is 0 Å². The zero-order chi connectivity index (χ0) is 9.56. The second-order valence-corrected chi connectivity index (χ2v) is 3.54. The highest BCUT2D eigenvalue weighted by Gasteiger charge is 2.00. The van der Waals surface area contributed by atoms with Crippen molar-refractivity contribution in [3.05, 3.63) is 12.2 Å². The molecule has 0 aromatic heterocycles. The highest BCUT2D eigenvalue weighted by atomic mass is 16.3. The van der Waals surface area contributed by atoms with Crippen LogP contribution in [0.25, 0.3) is 0 Å². The molecule has 0 aliphatic rings. The standard InChI is InChI=1S/C11H18O/c1-9(2)5-7-11(12)8-6-10(3)4/h10-12H,1,6,8H2,2-4H3. The molecule has 0 rings (SSSR count). The van der Waals surface area contributed by atoms with Crippen LogP contribution in [-0.4, -0.2) is 11.2 Å². The second-order valence-electron chi connectivity index (χ2n) is 3.54. The summed E-state index contributed by atoms with van der Waals surface area (Å²) in [5.41, 5.74) is 0.804. The lowest BCUT2D eigenvalue weighted by Crippen LogP contribution is -2.04. The van der Waals surface area contributed by atoms with Crippen molar-refractivity contribution in [2.75, 3.05) is 0 Å². The molecule has 0 heterocycles. The van der Waals surface area contributed by atoms with Gasteiger partial charge in [-0.15, -0.1) is 0 Å². The Morgan fingerprint density at radius 3 is 2.42 bits per heavy atom. The largest absolute Gasteiger partial charge is 0.380 e.